The molecule has 1 aromatic heterocycles. The van der Waals surface area contributed by atoms with E-state index in [0.29, 0.717) is 0 Å². The molecule has 0 unspecified atom stereocenters. The van der Waals surface area contributed by atoms with Crippen molar-refractivity contribution >= 4 is 23.1 Å². The molecular weight excluding hydrogens is 244 g/mol. The Kier molecular flexibility index (Phi) is 3.94. The SMILES string of the molecule is C#Cc1ccc(-c2cccc(SC#CC)c2)s1. The molecule has 0 aliphatic carbocycles. The molecule has 0 saturated carbocycles. The van der Waals surface area contributed by atoms with Crippen LogP contribution in [-0.4, -0.2) is 0 Å². The molecule has 2 heteroatoms. The summed E-state index contributed by atoms with van der Waals surface area (Å²) in [6, 6.07) is 12.4. The van der Waals surface area contributed by atoms with Gasteiger partial charge in [0.25, 0.3) is 0 Å². The van der Waals surface area contributed by atoms with Gasteiger partial charge in [-0.2, -0.15) is 0 Å². The molecule has 1 heterocycles. The van der Waals surface area contributed by atoms with Crippen LogP contribution in [-0.2, 0) is 0 Å². The number of terminal acetylenes is 1. The van der Waals surface area contributed by atoms with Crippen LogP contribution in [0.3, 0.4) is 0 Å². The summed E-state index contributed by atoms with van der Waals surface area (Å²) in [4.78, 5) is 3.32. The van der Waals surface area contributed by atoms with Crippen LogP contribution in [0.1, 0.15) is 11.8 Å². The quantitative estimate of drug-likeness (QED) is 0.563. The monoisotopic (exact) mass is 254 g/mol. The van der Waals surface area contributed by atoms with Crippen molar-refractivity contribution in [1.29, 1.82) is 0 Å². The van der Waals surface area contributed by atoms with Crippen LogP contribution in [0.25, 0.3) is 10.4 Å². The average Bonchev–Trinajstić information content (AvgIpc) is 2.85. The molecule has 0 bridgehead atoms. The van der Waals surface area contributed by atoms with Gasteiger partial charge in [-0.3, -0.25) is 0 Å². The molecule has 1 aromatic carbocycles. The first-order chi connectivity index (χ1) is 8.33. The van der Waals surface area contributed by atoms with E-state index in [4.69, 9.17) is 6.42 Å². The Morgan fingerprint density at radius 3 is 2.82 bits per heavy atom. The van der Waals surface area contributed by atoms with Gasteiger partial charge in [0.2, 0.25) is 0 Å². The fraction of sp³-hybridized carbons (Fsp3) is 0.0667. The third-order valence-electron chi connectivity index (χ3n) is 2.14. The van der Waals surface area contributed by atoms with Crippen molar-refractivity contribution < 1.29 is 0 Å². The van der Waals surface area contributed by atoms with Crippen molar-refractivity contribution in [3.63, 3.8) is 0 Å². The van der Waals surface area contributed by atoms with E-state index in [2.05, 4.69) is 41.4 Å². The molecule has 0 aliphatic rings. The summed E-state index contributed by atoms with van der Waals surface area (Å²) < 4.78 is 0. The molecule has 0 nitrogen and oxygen atoms in total. The first-order valence-electron chi connectivity index (χ1n) is 5.09. The van der Waals surface area contributed by atoms with E-state index in [1.54, 1.807) is 23.1 Å². The lowest BCUT2D eigenvalue weighted by atomic mass is 10.2. The van der Waals surface area contributed by atoms with Crippen molar-refractivity contribution in [1.82, 2.24) is 0 Å². The highest BCUT2D eigenvalue weighted by atomic mass is 32.2. The minimum Gasteiger partial charge on any atom is -0.127 e. The van der Waals surface area contributed by atoms with Gasteiger partial charge in [0.05, 0.1) is 4.88 Å². The van der Waals surface area contributed by atoms with Gasteiger partial charge in [0.1, 0.15) is 0 Å². The molecule has 0 aliphatic heterocycles. The highest BCUT2D eigenvalue weighted by Crippen LogP contribution is 2.30. The summed E-state index contributed by atoms with van der Waals surface area (Å²) in [5, 5.41) is 3.00. The predicted octanol–water partition coefficient (Wildman–Crippen LogP) is 4.47. The number of thioether (sulfide) groups is 1. The fourth-order valence-corrected chi connectivity index (χ4v) is 2.76. The minimum atomic E-state index is 0.964. The van der Waals surface area contributed by atoms with Crippen molar-refractivity contribution in [2.24, 2.45) is 0 Å². The minimum absolute atomic E-state index is 0.964. The van der Waals surface area contributed by atoms with E-state index >= 15 is 0 Å². The van der Waals surface area contributed by atoms with Crippen LogP contribution in [0, 0.1) is 23.5 Å². The average molecular weight is 254 g/mol. The van der Waals surface area contributed by atoms with Crippen LogP contribution in [0.4, 0.5) is 0 Å². The molecule has 0 spiro atoms. The molecule has 0 atom stereocenters. The molecule has 0 N–H and O–H groups in total. The van der Waals surface area contributed by atoms with E-state index in [-0.39, 0.29) is 0 Å². The standard InChI is InChI=1S/C15H10S2/c1-3-10-16-14-7-5-6-12(11-14)15-9-8-13(4-2)17-15/h2,5-9,11H,1H3. The third-order valence-corrected chi connectivity index (χ3v) is 4.00. The zero-order chi connectivity index (χ0) is 12.1. The van der Waals surface area contributed by atoms with Crippen LogP contribution in [0.15, 0.2) is 41.3 Å². The lowest BCUT2D eigenvalue weighted by molar-refractivity contribution is 1.48. The van der Waals surface area contributed by atoms with Crippen molar-refractivity contribution in [2.45, 2.75) is 11.8 Å². The van der Waals surface area contributed by atoms with Gasteiger partial charge in [-0.15, -0.1) is 17.8 Å². The topological polar surface area (TPSA) is 0 Å². The number of benzene rings is 1. The summed E-state index contributed by atoms with van der Waals surface area (Å²) in [6.07, 6.45) is 5.37. The van der Waals surface area contributed by atoms with Crippen LogP contribution in [0.5, 0.6) is 0 Å². The predicted molar refractivity (Wildman–Crippen MR) is 77.0 cm³/mol. The molecular formula is C15H10S2. The molecule has 0 saturated heterocycles. The zero-order valence-electron chi connectivity index (χ0n) is 9.36. The zero-order valence-corrected chi connectivity index (χ0v) is 11.0. The van der Waals surface area contributed by atoms with Crippen LogP contribution in [0.2, 0.25) is 0 Å². The second-order valence-corrected chi connectivity index (χ2v) is 5.25. The van der Waals surface area contributed by atoms with Gasteiger partial charge in [-0.05, 0) is 53.8 Å². The molecule has 0 radical (unpaired) electrons. The second-order valence-electron chi connectivity index (χ2n) is 3.29. The maximum Gasteiger partial charge on any atom is 0.0772 e. The van der Waals surface area contributed by atoms with Gasteiger partial charge < -0.3 is 0 Å². The van der Waals surface area contributed by atoms with E-state index < -0.39 is 0 Å². The first-order valence-corrected chi connectivity index (χ1v) is 6.72. The van der Waals surface area contributed by atoms with Gasteiger partial charge in [-0.1, -0.05) is 24.0 Å². The summed E-state index contributed by atoms with van der Waals surface area (Å²) >= 11 is 3.18. The Morgan fingerprint density at radius 1 is 1.24 bits per heavy atom. The van der Waals surface area contributed by atoms with Crippen LogP contribution >= 0.6 is 23.1 Å². The molecule has 2 aromatic rings. The van der Waals surface area contributed by atoms with Gasteiger partial charge >= 0.3 is 0 Å². The summed E-state index contributed by atoms with van der Waals surface area (Å²) in [6.45, 7) is 1.84. The Bertz CT molecular complexity index is 618. The lowest BCUT2D eigenvalue weighted by Gasteiger charge is -1.99. The van der Waals surface area contributed by atoms with Gasteiger partial charge in [-0.25, -0.2) is 0 Å². The van der Waals surface area contributed by atoms with E-state index in [1.165, 1.54) is 10.4 Å². The molecule has 2 rings (SSSR count). The molecule has 82 valence electrons. The van der Waals surface area contributed by atoms with E-state index in [1.807, 2.05) is 19.1 Å². The van der Waals surface area contributed by atoms with E-state index in [0.717, 1.165) is 9.77 Å². The number of hydrogen-bond acceptors (Lipinski definition) is 2. The maximum atomic E-state index is 5.37. The summed E-state index contributed by atoms with van der Waals surface area (Å²) in [5.74, 6) is 5.53. The molecule has 17 heavy (non-hydrogen) atoms. The molecule has 0 fully saturated rings. The molecule has 0 amide bonds. The lowest BCUT2D eigenvalue weighted by Crippen LogP contribution is -1.73. The Morgan fingerprint density at radius 2 is 2.12 bits per heavy atom. The largest absolute Gasteiger partial charge is 0.127 e. The normalized spacial score (nSPS) is 9.18. The van der Waals surface area contributed by atoms with Crippen molar-refractivity contribution in [2.75, 3.05) is 0 Å². The van der Waals surface area contributed by atoms with Crippen molar-refractivity contribution in [3.8, 4) is 34.0 Å². The highest BCUT2D eigenvalue weighted by Gasteiger charge is 2.02. The van der Waals surface area contributed by atoms with E-state index in [9.17, 15) is 0 Å². The summed E-state index contributed by atoms with van der Waals surface area (Å²) in [5.41, 5.74) is 1.19. The fourth-order valence-electron chi connectivity index (χ4n) is 1.39. The second kappa shape index (κ2) is 5.64. The number of rotatable bonds is 2. The van der Waals surface area contributed by atoms with Gasteiger partial charge in [0.15, 0.2) is 0 Å². The first kappa shape index (κ1) is 11.9. The maximum absolute atomic E-state index is 5.37. The van der Waals surface area contributed by atoms with Crippen molar-refractivity contribution in [3.05, 3.63) is 41.3 Å². The summed E-state index contributed by atoms with van der Waals surface area (Å²) in [7, 11) is 0. The Balaban J connectivity index is 2.32. The van der Waals surface area contributed by atoms with Crippen LogP contribution < -0.4 is 0 Å². The highest BCUT2D eigenvalue weighted by molar-refractivity contribution is 8.03. The number of hydrogen-bond donors (Lipinski definition) is 0. The number of thiophene rings is 1. The third kappa shape index (κ3) is 2.94. The Hall–Kier alpha value is -1.61. The van der Waals surface area contributed by atoms with Gasteiger partial charge in [0, 0.05) is 9.77 Å². The Labute approximate surface area is 110 Å². The smallest absolute Gasteiger partial charge is 0.0772 e.